The van der Waals surface area contributed by atoms with Crippen LogP contribution in [0.4, 0.5) is 0 Å². The van der Waals surface area contributed by atoms with Crippen LogP contribution < -0.4 is 9.47 Å². The Morgan fingerprint density at radius 3 is 2.71 bits per heavy atom. The summed E-state index contributed by atoms with van der Waals surface area (Å²) in [7, 11) is 0. The Labute approximate surface area is 103 Å². The molecule has 0 aliphatic carbocycles. The van der Waals surface area contributed by atoms with Crippen molar-refractivity contribution in [2.24, 2.45) is 0 Å². The van der Waals surface area contributed by atoms with E-state index in [0.717, 1.165) is 4.88 Å². The molecule has 17 heavy (non-hydrogen) atoms. The number of fused-ring (bicyclic) bond motifs is 1. The Balaban J connectivity index is 1.96. The topological polar surface area (TPSA) is 35.5 Å². The van der Waals surface area contributed by atoms with Gasteiger partial charge in [0.25, 0.3) is 0 Å². The van der Waals surface area contributed by atoms with Crippen molar-refractivity contribution in [3.8, 4) is 11.5 Å². The molecule has 1 aliphatic rings. The Morgan fingerprint density at radius 1 is 1.12 bits per heavy atom. The van der Waals surface area contributed by atoms with Crippen molar-refractivity contribution in [1.82, 2.24) is 0 Å². The van der Waals surface area contributed by atoms with Crippen LogP contribution in [0.15, 0.2) is 35.7 Å². The van der Waals surface area contributed by atoms with Crippen molar-refractivity contribution in [3.05, 3.63) is 46.2 Å². The summed E-state index contributed by atoms with van der Waals surface area (Å²) in [5.74, 6) is 1.38. The zero-order valence-electron chi connectivity index (χ0n) is 9.01. The van der Waals surface area contributed by atoms with Crippen LogP contribution in [0.5, 0.6) is 11.5 Å². The first-order valence-electron chi connectivity index (χ1n) is 5.32. The summed E-state index contributed by atoms with van der Waals surface area (Å²) in [5, 5.41) is 1.89. The van der Waals surface area contributed by atoms with Crippen LogP contribution >= 0.6 is 11.3 Å². The number of ether oxygens (including phenoxy) is 2. The minimum Gasteiger partial charge on any atom is -0.486 e. The van der Waals surface area contributed by atoms with E-state index in [0.29, 0.717) is 30.3 Å². The third-order valence-corrected chi connectivity index (χ3v) is 3.42. The van der Waals surface area contributed by atoms with Gasteiger partial charge in [0.1, 0.15) is 13.2 Å². The van der Waals surface area contributed by atoms with Crippen LogP contribution in [0.25, 0.3) is 0 Å². The molecule has 0 saturated heterocycles. The predicted molar refractivity (Wildman–Crippen MR) is 65.2 cm³/mol. The number of hydrogen-bond acceptors (Lipinski definition) is 4. The van der Waals surface area contributed by atoms with Crippen LogP contribution in [0.3, 0.4) is 0 Å². The molecule has 0 atom stereocenters. The number of thiophene rings is 1. The maximum Gasteiger partial charge on any atom is 0.203 e. The Bertz CT molecular complexity index is 546. The average molecular weight is 246 g/mol. The minimum absolute atomic E-state index is 0.0250. The van der Waals surface area contributed by atoms with Crippen LogP contribution in [0, 0.1) is 0 Å². The second-order valence-corrected chi connectivity index (χ2v) is 4.61. The van der Waals surface area contributed by atoms with E-state index < -0.39 is 0 Å². The molecule has 0 radical (unpaired) electrons. The molecule has 0 fully saturated rings. The maximum atomic E-state index is 12.1. The van der Waals surface area contributed by atoms with Gasteiger partial charge in [-0.1, -0.05) is 6.07 Å². The lowest BCUT2D eigenvalue weighted by molar-refractivity contribution is 0.104. The fourth-order valence-corrected chi connectivity index (χ4v) is 2.42. The van der Waals surface area contributed by atoms with Crippen molar-refractivity contribution in [1.29, 1.82) is 0 Å². The van der Waals surface area contributed by atoms with Crippen molar-refractivity contribution < 1.29 is 14.3 Å². The first-order chi connectivity index (χ1) is 8.34. The van der Waals surface area contributed by atoms with Crippen molar-refractivity contribution in [3.63, 3.8) is 0 Å². The normalized spacial score (nSPS) is 13.4. The second-order valence-electron chi connectivity index (χ2n) is 3.66. The minimum atomic E-state index is 0.0250. The number of carbonyl (C=O) groups is 1. The SMILES string of the molecule is O=C(c1ccc2c(c1)OCCO2)c1cccs1. The number of ketones is 1. The smallest absolute Gasteiger partial charge is 0.203 e. The van der Waals surface area contributed by atoms with E-state index in [2.05, 4.69) is 0 Å². The molecule has 0 spiro atoms. The van der Waals surface area contributed by atoms with Crippen LogP contribution in [0.2, 0.25) is 0 Å². The molecule has 4 heteroatoms. The van der Waals surface area contributed by atoms with Gasteiger partial charge in [-0.3, -0.25) is 4.79 Å². The first-order valence-corrected chi connectivity index (χ1v) is 6.20. The van der Waals surface area contributed by atoms with Gasteiger partial charge in [-0.15, -0.1) is 11.3 Å². The molecule has 3 nitrogen and oxygen atoms in total. The maximum absolute atomic E-state index is 12.1. The molecule has 0 bridgehead atoms. The lowest BCUT2D eigenvalue weighted by Crippen LogP contribution is -2.15. The second kappa shape index (κ2) is 4.22. The molecule has 0 N–H and O–H groups in total. The van der Waals surface area contributed by atoms with Gasteiger partial charge in [0.05, 0.1) is 4.88 Å². The number of benzene rings is 1. The van der Waals surface area contributed by atoms with E-state index in [9.17, 15) is 4.79 Å². The van der Waals surface area contributed by atoms with E-state index in [1.165, 1.54) is 11.3 Å². The molecule has 2 aromatic rings. The molecular weight excluding hydrogens is 236 g/mol. The summed E-state index contributed by atoms with van der Waals surface area (Å²) in [5.41, 5.74) is 0.636. The van der Waals surface area contributed by atoms with Gasteiger partial charge >= 0.3 is 0 Å². The zero-order chi connectivity index (χ0) is 11.7. The highest BCUT2D eigenvalue weighted by molar-refractivity contribution is 7.12. The first kappa shape index (κ1) is 10.4. The van der Waals surface area contributed by atoms with E-state index in [-0.39, 0.29) is 5.78 Å². The van der Waals surface area contributed by atoms with E-state index >= 15 is 0 Å². The predicted octanol–water partition coefficient (Wildman–Crippen LogP) is 2.75. The highest BCUT2D eigenvalue weighted by Gasteiger charge is 2.16. The van der Waals surface area contributed by atoms with Gasteiger partial charge in [-0.25, -0.2) is 0 Å². The molecule has 1 aromatic heterocycles. The standard InChI is InChI=1S/C13H10O3S/c14-13(12-2-1-7-17-12)9-3-4-10-11(8-9)16-6-5-15-10/h1-4,7-8H,5-6H2. The van der Waals surface area contributed by atoms with Gasteiger partial charge in [-0.2, -0.15) is 0 Å². The largest absolute Gasteiger partial charge is 0.486 e. The van der Waals surface area contributed by atoms with Crippen molar-refractivity contribution in [2.45, 2.75) is 0 Å². The van der Waals surface area contributed by atoms with Gasteiger partial charge < -0.3 is 9.47 Å². The molecule has 1 aliphatic heterocycles. The van der Waals surface area contributed by atoms with Crippen molar-refractivity contribution >= 4 is 17.1 Å². The van der Waals surface area contributed by atoms with Crippen molar-refractivity contribution in [2.75, 3.05) is 13.2 Å². The highest BCUT2D eigenvalue weighted by atomic mass is 32.1. The lowest BCUT2D eigenvalue weighted by atomic mass is 10.1. The fourth-order valence-electron chi connectivity index (χ4n) is 1.73. The third kappa shape index (κ3) is 1.91. The highest BCUT2D eigenvalue weighted by Crippen LogP contribution is 2.31. The van der Waals surface area contributed by atoms with E-state index in [1.807, 2.05) is 17.5 Å². The van der Waals surface area contributed by atoms with Gasteiger partial charge in [0.2, 0.25) is 5.78 Å². The molecule has 3 rings (SSSR count). The van der Waals surface area contributed by atoms with E-state index in [1.54, 1.807) is 18.2 Å². The molecule has 0 unspecified atom stereocenters. The average Bonchev–Trinajstić information content (AvgIpc) is 2.91. The van der Waals surface area contributed by atoms with Gasteiger partial charge in [0.15, 0.2) is 11.5 Å². The molecule has 2 heterocycles. The molecule has 0 amide bonds. The molecular formula is C13H10O3S. The number of carbonyl (C=O) groups excluding carboxylic acids is 1. The zero-order valence-corrected chi connectivity index (χ0v) is 9.83. The summed E-state index contributed by atoms with van der Waals surface area (Å²) < 4.78 is 10.9. The lowest BCUT2D eigenvalue weighted by Gasteiger charge is -2.18. The number of hydrogen-bond donors (Lipinski definition) is 0. The summed E-state index contributed by atoms with van der Waals surface area (Å²) in [4.78, 5) is 12.8. The monoisotopic (exact) mass is 246 g/mol. The summed E-state index contributed by atoms with van der Waals surface area (Å²) in [6.45, 7) is 1.09. The molecule has 86 valence electrons. The summed E-state index contributed by atoms with van der Waals surface area (Å²) in [6.07, 6.45) is 0. The fraction of sp³-hybridized carbons (Fsp3) is 0.154. The Morgan fingerprint density at radius 2 is 1.94 bits per heavy atom. The number of rotatable bonds is 2. The van der Waals surface area contributed by atoms with Gasteiger partial charge in [-0.05, 0) is 29.6 Å². The van der Waals surface area contributed by atoms with E-state index in [4.69, 9.17) is 9.47 Å². The summed E-state index contributed by atoms with van der Waals surface area (Å²) in [6, 6.07) is 9.00. The van der Waals surface area contributed by atoms with Crippen LogP contribution in [-0.2, 0) is 0 Å². The van der Waals surface area contributed by atoms with Crippen LogP contribution in [0.1, 0.15) is 15.2 Å². The Hall–Kier alpha value is -1.81. The quantitative estimate of drug-likeness (QED) is 0.764. The molecule has 0 saturated carbocycles. The van der Waals surface area contributed by atoms with Crippen LogP contribution in [-0.4, -0.2) is 19.0 Å². The Kier molecular flexibility index (Phi) is 2.57. The molecule has 1 aromatic carbocycles. The third-order valence-electron chi connectivity index (χ3n) is 2.55. The van der Waals surface area contributed by atoms with Gasteiger partial charge in [0, 0.05) is 5.56 Å². The summed E-state index contributed by atoms with van der Waals surface area (Å²) >= 11 is 1.44.